The summed E-state index contributed by atoms with van der Waals surface area (Å²) >= 11 is 0. The highest BCUT2D eigenvalue weighted by Crippen LogP contribution is 2.14. The first-order chi connectivity index (χ1) is 13.8. The summed E-state index contributed by atoms with van der Waals surface area (Å²) in [5.74, 6) is -3.33. The molecular weight excluding hydrogens is 384 g/mol. The number of carbonyl (C=O) groups is 4. The van der Waals surface area contributed by atoms with Gasteiger partial charge in [-0.1, -0.05) is 12.1 Å². The number of nitrogens with one attached hydrogen (secondary N) is 1. The molecule has 0 spiro atoms. The van der Waals surface area contributed by atoms with Crippen LogP contribution in [0.25, 0.3) is 0 Å². The summed E-state index contributed by atoms with van der Waals surface area (Å²) in [6.45, 7) is -0.599. The molecule has 0 radical (unpaired) electrons. The summed E-state index contributed by atoms with van der Waals surface area (Å²) in [5, 5.41) is 21.6. The smallest absolute Gasteiger partial charge is 0.338 e. The van der Waals surface area contributed by atoms with Gasteiger partial charge in [-0.3, -0.25) is 19.7 Å². The number of aliphatic carboxylic acids is 1. The van der Waals surface area contributed by atoms with Crippen molar-refractivity contribution in [3.05, 3.63) is 81.9 Å². The maximum atomic E-state index is 12.0. The van der Waals surface area contributed by atoms with Gasteiger partial charge in [-0.15, -0.1) is 0 Å². The van der Waals surface area contributed by atoms with E-state index in [2.05, 4.69) is 5.32 Å². The molecule has 148 valence electrons. The predicted molar refractivity (Wildman–Crippen MR) is 99.6 cm³/mol. The number of nitro benzene ring substituents is 1. The summed E-state index contributed by atoms with van der Waals surface area (Å²) < 4.78 is 4.91. The molecule has 2 aromatic carbocycles. The monoisotopic (exact) mass is 398 g/mol. The first kappa shape index (κ1) is 21.0. The van der Waals surface area contributed by atoms with Gasteiger partial charge in [-0.25, -0.2) is 9.59 Å². The van der Waals surface area contributed by atoms with Crippen LogP contribution in [0.3, 0.4) is 0 Å². The van der Waals surface area contributed by atoms with Crippen LogP contribution in [0.5, 0.6) is 0 Å². The van der Waals surface area contributed by atoms with Crippen molar-refractivity contribution < 1.29 is 33.9 Å². The van der Waals surface area contributed by atoms with Crippen molar-refractivity contribution >= 4 is 35.0 Å². The highest BCUT2D eigenvalue weighted by atomic mass is 16.6. The maximum Gasteiger partial charge on any atom is 0.338 e. The topological polar surface area (TPSA) is 153 Å². The maximum absolute atomic E-state index is 12.0. The molecule has 0 aromatic heterocycles. The number of hydrogen-bond donors (Lipinski definition) is 2. The van der Waals surface area contributed by atoms with E-state index in [0.717, 1.165) is 12.1 Å². The molecule has 0 saturated carbocycles. The van der Waals surface area contributed by atoms with Crippen molar-refractivity contribution in [3.63, 3.8) is 0 Å². The Morgan fingerprint density at radius 2 is 1.72 bits per heavy atom. The van der Waals surface area contributed by atoms with Crippen LogP contribution in [0.1, 0.15) is 20.7 Å². The molecule has 0 saturated heterocycles. The van der Waals surface area contributed by atoms with Gasteiger partial charge >= 0.3 is 11.9 Å². The first-order valence-electron chi connectivity index (χ1n) is 8.03. The Hall–Kier alpha value is -4.34. The van der Waals surface area contributed by atoms with Crippen molar-refractivity contribution in [3.8, 4) is 0 Å². The second-order valence-corrected chi connectivity index (χ2v) is 5.54. The number of esters is 1. The number of carbonyl (C=O) groups excluding carboxylic acids is 3. The molecule has 0 aliphatic heterocycles. The van der Waals surface area contributed by atoms with E-state index in [-0.39, 0.29) is 16.8 Å². The third kappa shape index (κ3) is 6.40. The standard InChI is InChI=1S/C19H14N2O8/c22-16(13-2-1-3-15(10-13)21(27)28)11-29-19(26)12-4-6-14(7-5-12)20-17(23)8-9-18(24)25/h1-10H,11H2,(H,20,23)(H,24,25)/b9-8+. The number of ketones is 1. The van der Waals surface area contributed by atoms with Gasteiger partial charge in [-0.05, 0) is 24.3 Å². The normalized spacial score (nSPS) is 10.3. The van der Waals surface area contributed by atoms with Crippen LogP contribution in [0.4, 0.5) is 11.4 Å². The van der Waals surface area contributed by atoms with Gasteiger partial charge in [-0.2, -0.15) is 0 Å². The number of ether oxygens (including phenoxy) is 1. The van der Waals surface area contributed by atoms with E-state index in [9.17, 15) is 29.3 Å². The van der Waals surface area contributed by atoms with Crippen molar-refractivity contribution in [1.29, 1.82) is 0 Å². The number of carboxylic acids is 1. The Morgan fingerprint density at radius 1 is 1.03 bits per heavy atom. The fraction of sp³-hybridized carbons (Fsp3) is 0.0526. The van der Waals surface area contributed by atoms with Crippen molar-refractivity contribution in [2.24, 2.45) is 0 Å². The number of rotatable bonds is 8. The molecule has 0 aliphatic carbocycles. The van der Waals surface area contributed by atoms with Crippen LogP contribution in [0.15, 0.2) is 60.7 Å². The Labute approximate surface area is 163 Å². The Balaban J connectivity index is 1.93. The lowest BCUT2D eigenvalue weighted by Crippen LogP contribution is -2.14. The average Bonchev–Trinajstić information content (AvgIpc) is 2.70. The van der Waals surface area contributed by atoms with Gasteiger partial charge in [0.1, 0.15) is 0 Å². The van der Waals surface area contributed by atoms with E-state index in [4.69, 9.17) is 9.84 Å². The molecule has 2 rings (SSSR count). The SMILES string of the molecule is O=C(O)/C=C/C(=O)Nc1ccc(C(=O)OCC(=O)c2cccc([N+](=O)[O-])c2)cc1. The van der Waals surface area contributed by atoms with Crippen LogP contribution < -0.4 is 5.32 Å². The second kappa shape index (κ2) is 9.55. The number of anilines is 1. The largest absolute Gasteiger partial charge is 0.478 e. The number of Topliss-reactive ketones (excluding diaryl/α,β-unsaturated/α-hetero) is 1. The highest BCUT2D eigenvalue weighted by Gasteiger charge is 2.15. The zero-order chi connectivity index (χ0) is 21.4. The molecule has 0 bridgehead atoms. The molecule has 10 nitrogen and oxygen atoms in total. The molecule has 0 atom stereocenters. The highest BCUT2D eigenvalue weighted by molar-refractivity contribution is 6.03. The molecule has 1 amide bonds. The van der Waals surface area contributed by atoms with E-state index in [1.54, 1.807) is 0 Å². The summed E-state index contributed by atoms with van der Waals surface area (Å²) in [7, 11) is 0. The van der Waals surface area contributed by atoms with Crippen molar-refractivity contribution in [1.82, 2.24) is 0 Å². The number of amides is 1. The predicted octanol–water partition coefficient (Wildman–Crippen LogP) is 2.21. The minimum absolute atomic E-state index is 0.0412. The molecule has 2 N–H and O–H groups in total. The van der Waals surface area contributed by atoms with Crippen LogP contribution >= 0.6 is 0 Å². The summed E-state index contributed by atoms with van der Waals surface area (Å²) in [4.78, 5) is 56.0. The van der Waals surface area contributed by atoms with E-state index in [0.29, 0.717) is 11.8 Å². The van der Waals surface area contributed by atoms with Gasteiger partial charge in [0.05, 0.1) is 10.5 Å². The summed E-state index contributed by atoms with van der Waals surface area (Å²) in [5.41, 5.74) is 0.211. The van der Waals surface area contributed by atoms with Gasteiger partial charge in [0, 0.05) is 35.5 Å². The molecule has 2 aromatic rings. The van der Waals surface area contributed by atoms with Gasteiger partial charge < -0.3 is 15.2 Å². The van der Waals surface area contributed by atoms with Gasteiger partial charge in [0.25, 0.3) is 5.69 Å². The average molecular weight is 398 g/mol. The Kier molecular flexibility index (Phi) is 6.91. The second-order valence-electron chi connectivity index (χ2n) is 5.54. The van der Waals surface area contributed by atoms with Crippen molar-refractivity contribution in [2.45, 2.75) is 0 Å². The van der Waals surface area contributed by atoms with Crippen LogP contribution in [0, 0.1) is 10.1 Å². The number of carboxylic acid groups (broad SMARTS) is 1. The fourth-order valence-corrected chi connectivity index (χ4v) is 2.11. The van der Waals surface area contributed by atoms with Gasteiger partial charge in [0.15, 0.2) is 6.61 Å². The van der Waals surface area contributed by atoms with E-state index < -0.39 is 35.2 Å². The van der Waals surface area contributed by atoms with E-state index in [1.807, 2.05) is 0 Å². The van der Waals surface area contributed by atoms with Crippen LogP contribution in [-0.2, 0) is 14.3 Å². The number of non-ortho nitro benzene ring substituents is 1. The summed E-state index contributed by atoms with van der Waals surface area (Å²) in [6.07, 6.45) is 1.52. The lowest BCUT2D eigenvalue weighted by atomic mass is 10.1. The third-order valence-electron chi connectivity index (χ3n) is 3.48. The lowest BCUT2D eigenvalue weighted by molar-refractivity contribution is -0.384. The van der Waals surface area contributed by atoms with Crippen LogP contribution in [-0.4, -0.2) is 40.3 Å². The molecule has 0 heterocycles. The molecule has 29 heavy (non-hydrogen) atoms. The van der Waals surface area contributed by atoms with E-state index in [1.165, 1.54) is 42.5 Å². The minimum atomic E-state index is -1.27. The van der Waals surface area contributed by atoms with Crippen molar-refractivity contribution in [2.75, 3.05) is 11.9 Å². The number of nitrogens with zero attached hydrogens (tertiary/aromatic N) is 1. The molecule has 0 fully saturated rings. The zero-order valence-electron chi connectivity index (χ0n) is 14.7. The van der Waals surface area contributed by atoms with E-state index >= 15 is 0 Å². The Morgan fingerprint density at radius 3 is 2.34 bits per heavy atom. The Bertz CT molecular complexity index is 996. The number of nitro groups is 1. The third-order valence-corrected chi connectivity index (χ3v) is 3.48. The number of hydrogen-bond acceptors (Lipinski definition) is 7. The number of benzene rings is 2. The minimum Gasteiger partial charge on any atom is -0.478 e. The molecule has 10 heteroatoms. The quantitative estimate of drug-likeness (QED) is 0.226. The summed E-state index contributed by atoms with van der Waals surface area (Å²) in [6, 6.07) is 10.5. The molecule has 0 unspecified atom stereocenters. The van der Waals surface area contributed by atoms with Gasteiger partial charge in [0.2, 0.25) is 11.7 Å². The molecular formula is C19H14N2O8. The van der Waals surface area contributed by atoms with Crippen LogP contribution in [0.2, 0.25) is 0 Å². The zero-order valence-corrected chi connectivity index (χ0v) is 14.7. The lowest BCUT2D eigenvalue weighted by Gasteiger charge is -2.06. The first-order valence-corrected chi connectivity index (χ1v) is 8.03. The molecule has 0 aliphatic rings. The fourth-order valence-electron chi connectivity index (χ4n) is 2.11.